The van der Waals surface area contributed by atoms with Crippen LogP contribution in [0.15, 0.2) is 46.9 Å². The molecule has 128 valence electrons. The molecule has 2 atom stereocenters. The molecule has 0 unspecified atom stereocenters. The maximum Gasteiger partial charge on any atom is 0.230 e. The van der Waals surface area contributed by atoms with Gasteiger partial charge in [0.25, 0.3) is 0 Å². The normalized spacial score (nSPS) is 20.4. The van der Waals surface area contributed by atoms with Crippen molar-refractivity contribution in [2.45, 2.75) is 13.3 Å². The fraction of sp³-hybridized carbons (Fsp3) is 0.300. The van der Waals surface area contributed by atoms with E-state index in [1.54, 1.807) is 4.90 Å². The molecule has 0 radical (unpaired) electrons. The molecule has 25 heavy (non-hydrogen) atoms. The lowest BCUT2D eigenvalue weighted by molar-refractivity contribution is -0.130. The predicted octanol–water partition coefficient (Wildman–Crippen LogP) is 2.71. The SMILES string of the molecule is C[C@@H]1CN(C(=O)Cc2cc3c(ccc4ccccc43)o2)C[C@H]1C(N)=O. The third kappa shape index (κ3) is 2.76. The Morgan fingerprint density at radius 1 is 1.16 bits per heavy atom. The molecule has 2 heterocycles. The Bertz CT molecular complexity index is 975. The van der Waals surface area contributed by atoms with E-state index in [0.29, 0.717) is 18.8 Å². The summed E-state index contributed by atoms with van der Waals surface area (Å²) in [5.74, 6) is 0.119. The number of carbonyl (C=O) groups excluding carboxylic acids is 2. The number of hydrogen-bond acceptors (Lipinski definition) is 3. The summed E-state index contributed by atoms with van der Waals surface area (Å²) in [6.45, 7) is 2.92. The third-order valence-corrected chi connectivity index (χ3v) is 5.13. The van der Waals surface area contributed by atoms with Crippen LogP contribution in [0.4, 0.5) is 0 Å². The lowest BCUT2D eigenvalue weighted by Gasteiger charge is -2.14. The van der Waals surface area contributed by atoms with Crippen molar-refractivity contribution in [3.63, 3.8) is 0 Å². The van der Waals surface area contributed by atoms with Gasteiger partial charge in [-0.2, -0.15) is 0 Å². The number of carbonyl (C=O) groups is 2. The van der Waals surface area contributed by atoms with Crippen molar-refractivity contribution >= 4 is 33.6 Å². The van der Waals surface area contributed by atoms with Gasteiger partial charge in [0.05, 0.1) is 12.3 Å². The average molecular weight is 336 g/mol. The van der Waals surface area contributed by atoms with Gasteiger partial charge in [-0.1, -0.05) is 37.3 Å². The van der Waals surface area contributed by atoms with Gasteiger partial charge >= 0.3 is 0 Å². The molecule has 1 saturated heterocycles. The number of likely N-dealkylation sites (tertiary alicyclic amines) is 1. The summed E-state index contributed by atoms with van der Waals surface area (Å²) in [6, 6.07) is 14.0. The maximum absolute atomic E-state index is 12.6. The van der Waals surface area contributed by atoms with E-state index in [2.05, 4.69) is 12.1 Å². The van der Waals surface area contributed by atoms with Crippen molar-refractivity contribution in [3.05, 3.63) is 48.2 Å². The molecule has 2 aromatic carbocycles. The molecule has 2 N–H and O–H groups in total. The molecule has 1 aliphatic heterocycles. The fourth-order valence-electron chi connectivity index (χ4n) is 3.73. The van der Waals surface area contributed by atoms with Crippen LogP contribution in [-0.2, 0) is 16.0 Å². The molecule has 1 aliphatic rings. The van der Waals surface area contributed by atoms with E-state index in [0.717, 1.165) is 21.7 Å². The molecular formula is C20H20N2O3. The molecule has 5 heteroatoms. The van der Waals surface area contributed by atoms with Crippen LogP contribution in [0.25, 0.3) is 21.7 Å². The van der Waals surface area contributed by atoms with Gasteiger partial charge in [0.1, 0.15) is 11.3 Å². The van der Waals surface area contributed by atoms with Gasteiger partial charge in [-0.05, 0) is 28.8 Å². The molecule has 3 aromatic rings. The lowest BCUT2D eigenvalue weighted by Crippen LogP contribution is -2.32. The number of nitrogens with zero attached hydrogens (tertiary/aromatic N) is 1. The van der Waals surface area contributed by atoms with Gasteiger partial charge in [-0.25, -0.2) is 0 Å². The number of amides is 2. The molecule has 1 aromatic heterocycles. The minimum absolute atomic E-state index is 0.0287. The van der Waals surface area contributed by atoms with Gasteiger partial charge in [-0.15, -0.1) is 0 Å². The van der Waals surface area contributed by atoms with E-state index in [-0.39, 0.29) is 30.1 Å². The van der Waals surface area contributed by atoms with Crippen LogP contribution >= 0.6 is 0 Å². The molecule has 0 aliphatic carbocycles. The topological polar surface area (TPSA) is 76.5 Å². The van der Waals surface area contributed by atoms with Crippen molar-refractivity contribution in [1.29, 1.82) is 0 Å². The molecule has 5 nitrogen and oxygen atoms in total. The van der Waals surface area contributed by atoms with Crippen LogP contribution in [0.5, 0.6) is 0 Å². The van der Waals surface area contributed by atoms with E-state index in [1.165, 1.54) is 0 Å². The van der Waals surface area contributed by atoms with Crippen LogP contribution in [-0.4, -0.2) is 29.8 Å². The van der Waals surface area contributed by atoms with Crippen molar-refractivity contribution < 1.29 is 14.0 Å². The summed E-state index contributed by atoms with van der Waals surface area (Å²) >= 11 is 0. The average Bonchev–Trinajstić information content (AvgIpc) is 3.18. The van der Waals surface area contributed by atoms with Gasteiger partial charge < -0.3 is 15.1 Å². The Kier molecular flexibility index (Phi) is 3.71. The number of furan rings is 1. The van der Waals surface area contributed by atoms with E-state index < -0.39 is 0 Å². The number of fused-ring (bicyclic) bond motifs is 3. The van der Waals surface area contributed by atoms with Crippen molar-refractivity contribution in [2.24, 2.45) is 17.6 Å². The fourth-order valence-corrected chi connectivity index (χ4v) is 3.73. The summed E-state index contributed by atoms with van der Waals surface area (Å²) in [5, 5.41) is 3.28. The van der Waals surface area contributed by atoms with E-state index in [1.807, 2.05) is 37.3 Å². The van der Waals surface area contributed by atoms with Crippen molar-refractivity contribution in [2.75, 3.05) is 13.1 Å². The number of benzene rings is 2. The molecule has 2 amide bonds. The summed E-state index contributed by atoms with van der Waals surface area (Å²) in [5.41, 5.74) is 6.20. The van der Waals surface area contributed by atoms with Crippen LogP contribution in [0.3, 0.4) is 0 Å². The minimum atomic E-state index is -0.335. The smallest absolute Gasteiger partial charge is 0.230 e. The number of rotatable bonds is 3. The minimum Gasteiger partial charge on any atom is -0.461 e. The highest BCUT2D eigenvalue weighted by atomic mass is 16.3. The van der Waals surface area contributed by atoms with Gasteiger partial charge in [-0.3, -0.25) is 9.59 Å². The van der Waals surface area contributed by atoms with Gasteiger partial charge in [0.15, 0.2) is 0 Å². The van der Waals surface area contributed by atoms with Crippen molar-refractivity contribution in [3.8, 4) is 0 Å². The second-order valence-electron chi connectivity index (χ2n) is 6.87. The zero-order valence-electron chi connectivity index (χ0n) is 14.1. The molecule has 4 rings (SSSR count). The first kappa shape index (κ1) is 15.7. The van der Waals surface area contributed by atoms with Crippen molar-refractivity contribution in [1.82, 2.24) is 4.90 Å². The Labute approximate surface area is 145 Å². The van der Waals surface area contributed by atoms with E-state index in [4.69, 9.17) is 10.2 Å². The second-order valence-corrected chi connectivity index (χ2v) is 6.87. The van der Waals surface area contributed by atoms with E-state index in [9.17, 15) is 9.59 Å². The first-order valence-electron chi connectivity index (χ1n) is 8.50. The number of nitrogens with two attached hydrogens (primary N) is 1. The van der Waals surface area contributed by atoms with Crippen LogP contribution in [0, 0.1) is 11.8 Å². The predicted molar refractivity (Wildman–Crippen MR) is 95.9 cm³/mol. The Hall–Kier alpha value is -2.82. The Balaban J connectivity index is 1.58. The highest BCUT2D eigenvalue weighted by molar-refractivity contribution is 6.06. The van der Waals surface area contributed by atoms with Gasteiger partial charge in [0, 0.05) is 18.5 Å². The standard InChI is InChI=1S/C20H20N2O3/c1-12-10-22(11-17(12)20(21)24)19(23)9-14-8-16-15-5-3-2-4-13(15)6-7-18(16)25-14/h2-8,12,17H,9-11H2,1H3,(H2,21,24)/t12-,17-/m1/s1. The zero-order valence-corrected chi connectivity index (χ0v) is 14.1. The number of primary amides is 1. The summed E-state index contributed by atoms with van der Waals surface area (Å²) in [4.78, 5) is 25.7. The third-order valence-electron chi connectivity index (χ3n) is 5.13. The molecule has 0 spiro atoms. The monoisotopic (exact) mass is 336 g/mol. The molecule has 0 bridgehead atoms. The second kappa shape index (κ2) is 5.92. The lowest BCUT2D eigenvalue weighted by atomic mass is 9.98. The van der Waals surface area contributed by atoms with Crippen LogP contribution in [0.1, 0.15) is 12.7 Å². The molecular weight excluding hydrogens is 316 g/mol. The highest BCUT2D eigenvalue weighted by Crippen LogP contribution is 2.29. The van der Waals surface area contributed by atoms with E-state index >= 15 is 0 Å². The quantitative estimate of drug-likeness (QED) is 0.799. The zero-order chi connectivity index (χ0) is 17.6. The maximum atomic E-state index is 12.6. The van der Waals surface area contributed by atoms with Gasteiger partial charge in [0.2, 0.25) is 11.8 Å². The van der Waals surface area contributed by atoms with Crippen LogP contribution in [0.2, 0.25) is 0 Å². The highest BCUT2D eigenvalue weighted by Gasteiger charge is 2.35. The first-order valence-corrected chi connectivity index (χ1v) is 8.50. The first-order chi connectivity index (χ1) is 12.0. The largest absolute Gasteiger partial charge is 0.461 e. The Morgan fingerprint density at radius 3 is 2.72 bits per heavy atom. The molecule has 0 saturated carbocycles. The number of hydrogen-bond donors (Lipinski definition) is 1. The molecule has 1 fully saturated rings. The Morgan fingerprint density at radius 2 is 1.96 bits per heavy atom. The van der Waals surface area contributed by atoms with Crippen LogP contribution < -0.4 is 5.73 Å². The summed E-state index contributed by atoms with van der Waals surface area (Å²) in [6.07, 6.45) is 0.196. The summed E-state index contributed by atoms with van der Waals surface area (Å²) < 4.78 is 5.87. The summed E-state index contributed by atoms with van der Waals surface area (Å²) in [7, 11) is 0.